The summed E-state index contributed by atoms with van der Waals surface area (Å²) in [5, 5.41) is 15.3. The van der Waals surface area contributed by atoms with Crippen LogP contribution in [0.5, 0.6) is 0 Å². The Morgan fingerprint density at radius 1 is 1.23 bits per heavy atom. The number of pyridine rings is 1. The van der Waals surface area contributed by atoms with Crippen LogP contribution in [-0.4, -0.2) is 52.1 Å². The van der Waals surface area contributed by atoms with E-state index >= 15 is 0 Å². The number of imidazole rings is 1. The number of amides is 1. The number of aryl methyl sites for hydroxylation is 2. The lowest BCUT2D eigenvalue weighted by Crippen LogP contribution is -2.31. The maximum atomic E-state index is 12.4. The summed E-state index contributed by atoms with van der Waals surface area (Å²) >= 11 is 6.16. The number of nitriles is 1. The molecule has 0 aliphatic heterocycles. The Bertz CT molecular complexity index is 1220. The molecular formula is C20H22ClN7O2. The van der Waals surface area contributed by atoms with Crippen LogP contribution in [0.1, 0.15) is 16.1 Å². The third-order valence-corrected chi connectivity index (χ3v) is 4.99. The molecular weight excluding hydrogens is 406 g/mol. The maximum Gasteiger partial charge on any atom is 0.328 e. The topological polar surface area (TPSA) is 108 Å². The Hall–Kier alpha value is -3.35. The molecule has 0 fully saturated rings. The standard InChI is InChI=1S/C20H22ClN7O2/c1-26(2)8-7-23-19(29)15-10-14(13(11-22)18(21)25-15)24-12-5-6-16-17(9-12)28(4)20(30)27(16)3/h5-6,9-10H,7-8H2,1-4H3,(H,23,29)(H,24,25). The van der Waals surface area contributed by atoms with Gasteiger partial charge in [-0.3, -0.25) is 13.9 Å². The van der Waals surface area contributed by atoms with Gasteiger partial charge in [0.05, 0.1) is 16.7 Å². The van der Waals surface area contributed by atoms with Crippen molar-refractivity contribution in [3.63, 3.8) is 0 Å². The normalized spacial score (nSPS) is 11.0. The number of carbonyl (C=O) groups is 1. The maximum absolute atomic E-state index is 12.4. The molecule has 10 heteroatoms. The fourth-order valence-corrected chi connectivity index (χ4v) is 3.29. The molecule has 3 rings (SSSR count). The lowest BCUT2D eigenvalue weighted by molar-refractivity contribution is 0.0946. The SMILES string of the molecule is CN(C)CCNC(=O)c1cc(Nc2ccc3c(c2)n(C)c(=O)n3C)c(C#N)c(Cl)n1. The van der Waals surface area contributed by atoms with Gasteiger partial charge in [-0.15, -0.1) is 0 Å². The molecule has 3 aromatic rings. The number of rotatable bonds is 6. The van der Waals surface area contributed by atoms with Crippen LogP contribution >= 0.6 is 11.6 Å². The molecule has 0 spiro atoms. The van der Waals surface area contributed by atoms with E-state index in [1.165, 1.54) is 10.6 Å². The minimum atomic E-state index is -0.382. The van der Waals surface area contributed by atoms with Crippen molar-refractivity contribution in [1.29, 1.82) is 5.26 Å². The fourth-order valence-electron chi connectivity index (χ4n) is 3.06. The van der Waals surface area contributed by atoms with E-state index < -0.39 is 0 Å². The molecule has 30 heavy (non-hydrogen) atoms. The van der Waals surface area contributed by atoms with Crippen molar-refractivity contribution >= 4 is 39.9 Å². The van der Waals surface area contributed by atoms with Gasteiger partial charge >= 0.3 is 5.69 Å². The summed E-state index contributed by atoms with van der Waals surface area (Å²) in [6.45, 7) is 1.13. The highest BCUT2D eigenvalue weighted by Gasteiger charge is 2.16. The number of hydrogen-bond acceptors (Lipinski definition) is 6. The minimum absolute atomic E-state index is 0.0616. The molecule has 9 nitrogen and oxygen atoms in total. The smallest absolute Gasteiger partial charge is 0.328 e. The molecule has 0 unspecified atom stereocenters. The number of hydrogen-bond donors (Lipinski definition) is 2. The Kier molecular flexibility index (Phi) is 6.10. The molecule has 2 heterocycles. The fraction of sp³-hybridized carbons (Fsp3) is 0.300. The van der Waals surface area contributed by atoms with Crippen molar-refractivity contribution in [3.8, 4) is 6.07 Å². The lowest BCUT2D eigenvalue weighted by Gasteiger charge is -2.13. The van der Waals surface area contributed by atoms with E-state index in [2.05, 4.69) is 15.6 Å². The molecule has 0 aliphatic rings. The first-order valence-electron chi connectivity index (χ1n) is 9.19. The number of aromatic nitrogens is 3. The molecule has 0 radical (unpaired) electrons. The van der Waals surface area contributed by atoms with Crippen LogP contribution in [0.4, 0.5) is 11.4 Å². The van der Waals surface area contributed by atoms with Crippen molar-refractivity contribution < 1.29 is 4.79 Å². The zero-order chi connectivity index (χ0) is 22.0. The van der Waals surface area contributed by atoms with E-state index in [4.69, 9.17) is 11.6 Å². The van der Waals surface area contributed by atoms with Crippen LogP contribution in [0.15, 0.2) is 29.1 Å². The molecule has 1 aromatic carbocycles. The van der Waals surface area contributed by atoms with Gasteiger partial charge in [0.25, 0.3) is 5.91 Å². The van der Waals surface area contributed by atoms with E-state index in [9.17, 15) is 14.9 Å². The Morgan fingerprint density at radius 2 is 1.93 bits per heavy atom. The number of likely N-dealkylation sites (N-methyl/N-ethyl adjacent to an activating group) is 1. The number of anilines is 2. The summed E-state index contributed by atoms with van der Waals surface area (Å²) < 4.78 is 3.09. The summed E-state index contributed by atoms with van der Waals surface area (Å²) in [7, 11) is 7.21. The van der Waals surface area contributed by atoms with Crippen LogP contribution in [0.3, 0.4) is 0 Å². The van der Waals surface area contributed by atoms with Gasteiger partial charge in [0.15, 0.2) is 0 Å². The van der Waals surface area contributed by atoms with Crippen LogP contribution in [0, 0.1) is 11.3 Å². The van der Waals surface area contributed by atoms with Crippen molar-refractivity contribution in [2.24, 2.45) is 14.1 Å². The van der Waals surface area contributed by atoms with Gasteiger partial charge in [-0.25, -0.2) is 9.78 Å². The summed E-state index contributed by atoms with van der Waals surface area (Å²) in [4.78, 5) is 30.6. The molecule has 1 amide bonds. The van der Waals surface area contributed by atoms with Gasteiger partial charge in [0, 0.05) is 32.9 Å². The van der Waals surface area contributed by atoms with Gasteiger partial charge in [-0.05, 0) is 38.4 Å². The number of carbonyl (C=O) groups excluding carboxylic acids is 1. The number of fused-ring (bicyclic) bond motifs is 1. The van der Waals surface area contributed by atoms with E-state index in [0.717, 1.165) is 11.0 Å². The van der Waals surface area contributed by atoms with E-state index in [0.29, 0.717) is 24.5 Å². The van der Waals surface area contributed by atoms with Crippen molar-refractivity contribution in [1.82, 2.24) is 24.3 Å². The lowest BCUT2D eigenvalue weighted by atomic mass is 10.2. The van der Waals surface area contributed by atoms with Gasteiger partial charge in [0.2, 0.25) is 0 Å². The third-order valence-electron chi connectivity index (χ3n) is 4.72. The van der Waals surface area contributed by atoms with Gasteiger partial charge < -0.3 is 15.5 Å². The third kappa shape index (κ3) is 4.15. The molecule has 2 aromatic heterocycles. The second-order valence-corrected chi connectivity index (χ2v) is 7.48. The number of halogens is 1. The van der Waals surface area contributed by atoms with Gasteiger partial charge in [-0.1, -0.05) is 11.6 Å². The van der Waals surface area contributed by atoms with Crippen LogP contribution in [0.25, 0.3) is 11.0 Å². The largest absolute Gasteiger partial charge is 0.354 e. The molecule has 0 atom stereocenters. The minimum Gasteiger partial charge on any atom is -0.354 e. The predicted octanol–water partition coefficient (Wildman–Crippen LogP) is 1.83. The van der Waals surface area contributed by atoms with E-state index in [1.807, 2.05) is 31.1 Å². The average Bonchev–Trinajstić information content (AvgIpc) is 2.91. The molecule has 156 valence electrons. The van der Waals surface area contributed by atoms with Crippen LogP contribution in [-0.2, 0) is 14.1 Å². The van der Waals surface area contributed by atoms with Gasteiger partial charge in [-0.2, -0.15) is 5.26 Å². The summed E-state index contributed by atoms with van der Waals surface area (Å²) in [5.74, 6) is -0.382. The molecule has 2 N–H and O–H groups in total. The highest BCUT2D eigenvalue weighted by Crippen LogP contribution is 2.28. The molecule has 0 aliphatic carbocycles. The summed E-state index contributed by atoms with van der Waals surface area (Å²) in [6.07, 6.45) is 0. The van der Waals surface area contributed by atoms with Crippen LogP contribution in [0.2, 0.25) is 5.15 Å². The molecule has 0 saturated heterocycles. The second-order valence-electron chi connectivity index (χ2n) is 7.12. The van der Waals surface area contributed by atoms with Crippen LogP contribution < -0.4 is 16.3 Å². The molecule has 0 bridgehead atoms. The summed E-state index contributed by atoms with van der Waals surface area (Å²) in [5.41, 5.74) is 2.60. The Morgan fingerprint density at radius 3 is 2.60 bits per heavy atom. The van der Waals surface area contributed by atoms with Crippen molar-refractivity contribution in [2.45, 2.75) is 0 Å². The predicted molar refractivity (Wildman–Crippen MR) is 116 cm³/mol. The Labute approximate surface area is 178 Å². The average molecular weight is 428 g/mol. The number of nitrogens with one attached hydrogen (secondary N) is 2. The molecule has 0 saturated carbocycles. The second kappa shape index (κ2) is 8.57. The van der Waals surface area contributed by atoms with E-state index in [1.54, 1.807) is 30.8 Å². The van der Waals surface area contributed by atoms with E-state index in [-0.39, 0.29) is 28.0 Å². The quantitative estimate of drug-likeness (QED) is 0.581. The van der Waals surface area contributed by atoms with Crippen molar-refractivity contribution in [2.75, 3.05) is 32.5 Å². The first-order valence-corrected chi connectivity index (χ1v) is 9.56. The first-order chi connectivity index (χ1) is 14.2. The van der Waals surface area contributed by atoms with Crippen molar-refractivity contribution in [3.05, 3.63) is 51.2 Å². The van der Waals surface area contributed by atoms with Gasteiger partial charge in [0.1, 0.15) is 22.5 Å². The zero-order valence-corrected chi connectivity index (χ0v) is 17.9. The monoisotopic (exact) mass is 427 g/mol. The highest BCUT2D eigenvalue weighted by molar-refractivity contribution is 6.31. The highest BCUT2D eigenvalue weighted by atomic mass is 35.5. The summed E-state index contributed by atoms with van der Waals surface area (Å²) in [6, 6.07) is 8.89. The zero-order valence-electron chi connectivity index (χ0n) is 17.2. The number of nitrogens with zero attached hydrogens (tertiary/aromatic N) is 5. The Balaban J connectivity index is 1.95. The number of benzene rings is 1. The first kappa shape index (κ1) is 21.4.